The zero-order valence-corrected chi connectivity index (χ0v) is 20.4. The van der Waals surface area contributed by atoms with Crippen molar-refractivity contribution in [3.63, 3.8) is 0 Å². The Kier molecular flexibility index (Phi) is 5.33. The monoisotopic (exact) mass is 491 g/mol. The summed E-state index contributed by atoms with van der Waals surface area (Å²) < 4.78 is 21.7. The largest absolute Gasteiger partial charge is 0.455 e. The molecule has 0 spiro atoms. The van der Waals surface area contributed by atoms with Gasteiger partial charge in [0, 0.05) is 22.5 Å². The van der Waals surface area contributed by atoms with Crippen molar-refractivity contribution in [2.24, 2.45) is 0 Å². The molecular formula is C35H22FNO. The lowest BCUT2D eigenvalue weighted by Crippen LogP contribution is -1.86. The number of rotatable bonds is 4. The molecule has 180 valence electrons. The summed E-state index contributed by atoms with van der Waals surface area (Å²) in [6.07, 6.45) is 1.76. The molecule has 0 unspecified atom stereocenters. The maximum absolute atomic E-state index is 15.3. The highest BCUT2D eigenvalue weighted by atomic mass is 19.1. The predicted molar refractivity (Wildman–Crippen MR) is 153 cm³/mol. The standard InChI is InChI=1S/C35H22FNO/c36-31-21-20-29-28-9-6-10-30(32-11-4-5-22-37-32)34(28)38-35(29)33(31)27-18-16-26(17-19-27)25-14-12-24(13-15-25)23-7-2-1-3-8-23/h1-22H. The lowest BCUT2D eigenvalue weighted by Gasteiger charge is -2.08. The van der Waals surface area contributed by atoms with Crippen LogP contribution in [0.3, 0.4) is 0 Å². The van der Waals surface area contributed by atoms with Crippen molar-refractivity contribution < 1.29 is 8.81 Å². The predicted octanol–water partition coefficient (Wildman–Crippen LogP) is 9.79. The number of hydrogen-bond donors (Lipinski definition) is 0. The molecule has 0 aliphatic rings. The average molecular weight is 492 g/mol. The number of aromatic nitrogens is 1. The molecular weight excluding hydrogens is 469 g/mol. The summed E-state index contributed by atoms with van der Waals surface area (Å²) in [4.78, 5) is 4.49. The first-order valence-corrected chi connectivity index (χ1v) is 12.6. The van der Waals surface area contributed by atoms with Crippen LogP contribution in [-0.2, 0) is 0 Å². The highest BCUT2D eigenvalue weighted by Crippen LogP contribution is 2.41. The Balaban J connectivity index is 1.29. The molecule has 7 aromatic rings. The van der Waals surface area contributed by atoms with E-state index in [4.69, 9.17) is 4.42 Å². The normalized spacial score (nSPS) is 11.3. The lowest BCUT2D eigenvalue weighted by molar-refractivity contribution is 0.622. The number of fused-ring (bicyclic) bond motifs is 3. The first-order chi connectivity index (χ1) is 18.8. The molecule has 0 amide bonds. The van der Waals surface area contributed by atoms with Crippen LogP contribution >= 0.6 is 0 Å². The van der Waals surface area contributed by atoms with Crippen molar-refractivity contribution >= 4 is 21.9 Å². The van der Waals surface area contributed by atoms with Gasteiger partial charge in [0.1, 0.15) is 17.0 Å². The molecule has 0 bridgehead atoms. The fraction of sp³-hybridized carbons (Fsp3) is 0. The summed E-state index contributed by atoms with van der Waals surface area (Å²) in [5.41, 5.74) is 8.76. The van der Waals surface area contributed by atoms with Gasteiger partial charge in [0.05, 0.1) is 11.3 Å². The van der Waals surface area contributed by atoms with Crippen molar-refractivity contribution in [3.8, 4) is 44.6 Å². The van der Waals surface area contributed by atoms with Crippen LogP contribution in [0.1, 0.15) is 0 Å². The second-order valence-electron chi connectivity index (χ2n) is 9.32. The Morgan fingerprint density at radius 1 is 0.474 bits per heavy atom. The molecule has 0 aliphatic carbocycles. The van der Waals surface area contributed by atoms with Gasteiger partial charge in [-0.2, -0.15) is 0 Å². The van der Waals surface area contributed by atoms with E-state index in [1.54, 1.807) is 12.3 Å². The summed E-state index contributed by atoms with van der Waals surface area (Å²) in [5.74, 6) is -0.309. The number of para-hydroxylation sites is 1. The molecule has 0 saturated heterocycles. The van der Waals surface area contributed by atoms with Gasteiger partial charge in [-0.05, 0) is 58.1 Å². The molecule has 0 atom stereocenters. The number of halogens is 1. The summed E-state index contributed by atoms with van der Waals surface area (Å²) in [6.45, 7) is 0. The van der Waals surface area contributed by atoms with Gasteiger partial charge in [0.2, 0.25) is 0 Å². The zero-order chi connectivity index (χ0) is 25.5. The van der Waals surface area contributed by atoms with E-state index in [1.165, 1.54) is 17.2 Å². The summed E-state index contributed by atoms with van der Waals surface area (Å²) in [6, 6.07) is 41.9. The third kappa shape index (κ3) is 3.77. The Morgan fingerprint density at radius 2 is 1.08 bits per heavy atom. The molecule has 0 radical (unpaired) electrons. The van der Waals surface area contributed by atoms with Crippen LogP contribution in [0.2, 0.25) is 0 Å². The van der Waals surface area contributed by atoms with Gasteiger partial charge in [-0.3, -0.25) is 4.98 Å². The minimum atomic E-state index is -0.309. The minimum absolute atomic E-state index is 0.309. The smallest absolute Gasteiger partial charge is 0.146 e. The zero-order valence-electron chi connectivity index (χ0n) is 20.4. The second-order valence-corrected chi connectivity index (χ2v) is 9.32. The van der Waals surface area contributed by atoms with Crippen LogP contribution in [0.5, 0.6) is 0 Å². The van der Waals surface area contributed by atoms with Crippen LogP contribution < -0.4 is 0 Å². The summed E-state index contributed by atoms with van der Waals surface area (Å²) in [7, 11) is 0. The highest BCUT2D eigenvalue weighted by molar-refractivity contribution is 6.12. The third-order valence-electron chi connectivity index (χ3n) is 7.06. The van der Waals surface area contributed by atoms with E-state index >= 15 is 4.39 Å². The number of nitrogens with zero attached hydrogens (tertiary/aromatic N) is 1. The molecule has 0 saturated carbocycles. The van der Waals surface area contributed by atoms with Crippen molar-refractivity contribution in [2.45, 2.75) is 0 Å². The van der Waals surface area contributed by atoms with Crippen molar-refractivity contribution in [1.82, 2.24) is 4.98 Å². The van der Waals surface area contributed by atoms with Crippen molar-refractivity contribution in [1.29, 1.82) is 0 Å². The number of pyridine rings is 1. The van der Waals surface area contributed by atoms with E-state index < -0.39 is 0 Å². The molecule has 2 nitrogen and oxygen atoms in total. The number of benzene rings is 5. The third-order valence-corrected chi connectivity index (χ3v) is 7.06. The SMILES string of the molecule is Fc1ccc2c(oc3c(-c4ccccn4)cccc32)c1-c1ccc(-c2ccc(-c3ccccc3)cc2)cc1. The molecule has 0 N–H and O–H groups in total. The first-order valence-electron chi connectivity index (χ1n) is 12.6. The number of furan rings is 1. The van der Waals surface area contributed by atoms with Crippen LogP contribution in [0.25, 0.3) is 66.6 Å². The minimum Gasteiger partial charge on any atom is -0.455 e. The van der Waals surface area contributed by atoms with E-state index in [0.717, 1.165) is 38.7 Å². The molecule has 2 aromatic heterocycles. The Morgan fingerprint density at radius 3 is 1.74 bits per heavy atom. The molecule has 0 fully saturated rings. The van der Waals surface area contributed by atoms with Crippen LogP contribution in [-0.4, -0.2) is 4.98 Å². The average Bonchev–Trinajstić information content (AvgIpc) is 3.37. The molecule has 2 heterocycles. The van der Waals surface area contributed by atoms with Gasteiger partial charge in [0.15, 0.2) is 0 Å². The van der Waals surface area contributed by atoms with Crippen LogP contribution in [0.4, 0.5) is 4.39 Å². The van der Waals surface area contributed by atoms with Gasteiger partial charge in [0.25, 0.3) is 0 Å². The maximum Gasteiger partial charge on any atom is 0.146 e. The fourth-order valence-electron chi connectivity index (χ4n) is 5.15. The van der Waals surface area contributed by atoms with Gasteiger partial charge in [-0.1, -0.05) is 97.1 Å². The van der Waals surface area contributed by atoms with Gasteiger partial charge >= 0.3 is 0 Å². The molecule has 7 rings (SSSR count). The van der Waals surface area contributed by atoms with Gasteiger partial charge in [-0.25, -0.2) is 4.39 Å². The Bertz CT molecular complexity index is 1890. The quantitative estimate of drug-likeness (QED) is 0.245. The van der Waals surface area contributed by atoms with E-state index in [-0.39, 0.29) is 5.82 Å². The fourth-order valence-corrected chi connectivity index (χ4v) is 5.15. The highest BCUT2D eigenvalue weighted by Gasteiger charge is 2.19. The van der Waals surface area contributed by atoms with Crippen LogP contribution in [0.15, 0.2) is 138 Å². The van der Waals surface area contributed by atoms with Crippen molar-refractivity contribution in [3.05, 3.63) is 139 Å². The molecule has 38 heavy (non-hydrogen) atoms. The van der Waals surface area contributed by atoms with Gasteiger partial charge in [-0.15, -0.1) is 0 Å². The van der Waals surface area contributed by atoms with E-state index in [1.807, 2.05) is 78.9 Å². The Hall–Kier alpha value is -5.02. The maximum atomic E-state index is 15.3. The van der Waals surface area contributed by atoms with Gasteiger partial charge < -0.3 is 4.42 Å². The summed E-state index contributed by atoms with van der Waals surface area (Å²) >= 11 is 0. The second kappa shape index (κ2) is 9.13. The molecule has 5 aromatic carbocycles. The Labute approximate surface area is 219 Å². The van der Waals surface area contributed by atoms with E-state index in [2.05, 4.69) is 41.4 Å². The first kappa shape index (κ1) is 22.2. The van der Waals surface area contributed by atoms with Crippen LogP contribution in [0, 0.1) is 5.82 Å². The molecule has 0 aliphatic heterocycles. The molecule has 3 heteroatoms. The lowest BCUT2D eigenvalue weighted by atomic mass is 9.97. The van der Waals surface area contributed by atoms with E-state index in [9.17, 15) is 0 Å². The number of hydrogen-bond acceptors (Lipinski definition) is 2. The topological polar surface area (TPSA) is 26.0 Å². The summed E-state index contributed by atoms with van der Waals surface area (Å²) in [5, 5.41) is 1.83. The van der Waals surface area contributed by atoms with E-state index in [0.29, 0.717) is 16.7 Å². The van der Waals surface area contributed by atoms with Crippen molar-refractivity contribution in [2.75, 3.05) is 0 Å².